The van der Waals surface area contributed by atoms with E-state index < -0.39 is 0 Å². The minimum atomic E-state index is 0.00505. The van der Waals surface area contributed by atoms with Crippen LogP contribution in [0.15, 0.2) is 72.8 Å². The maximum Gasteiger partial charge on any atom is 0.251 e. The van der Waals surface area contributed by atoms with Crippen LogP contribution >= 0.6 is 0 Å². The van der Waals surface area contributed by atoms with Crippen LogP contribution in [0, 0.1) is 0 Å². The van der Waals surface area contributed by atoms with Gasteiger partial charge in [0.15, 0.2) is 0 Å². The molecule has 1 atom stereocenters. The number of carbonyl (C=O) groups excluding carboxylic acids is 1. The van der Waals surface area contributed by atoms with Crippen molar-refractivity contribution < 1.29 is 4.79 Å². The van der Waals surface area contributed by atoms with Gasteiger partial charge in [0.25, 0.3) is 5.91 Å². The highest BCUT2D eigenvalue weighted by Gasteiger charge is 2.32. The molecule has 0 bridgehead atoms. The van der Waals surface area contributed by atoms with Crippen LogP contribution in [0.2, 0.25) is 0 Å². The average molecular weight is 291 g/mol. The molecule has 1 aliphatic carbocycles. The van der Waals surface area contributed by atoms with Crippen molar-refractivity contribution in [1.82, 2.24) is 5.32 Å². The Balaban J connectivity index is 1.77. The summed E-state index contributed by atoms with van der Waals surface area (Å²) in [5, 5.41) is 3.14. The normalized spacial score (nSPS) is 20.5. The highest BCUT2D eigenvalue weighted by molar-refractivity contribution is 5.94. The molecule has 1 N–H and O–H groups in total. The third kappa shape index (κ3) is 3.11. The van der Waals surface area contributed by atoms with Crippen LogP contribution in [-0.4, -0.2) is 12.5 Å². The highest BCUT2D eigenvalue weighted by atomic mass is 16.1. The first-order valence-corrected chi connectivity index (χ1v) is 7.84. The number of allylic oxidation sites excluding steroid dienone is 2. The molecule has 22 heavy (non-hydrogen) atoms. The summed E-state index contributed by atoms with van der Waals surface area (Å²) in [6, 6.07) is 20.0. The Kier molecular flexibility index (Phi) is 4.38. The lowest BCUT2D eigenvalue weighted by molar-refractivity contribution is 0.0941. The zero-order valence-electron chi connectivity index (χ0n) is 12.7. The summed E-state index contributed by atoms with van der Waals surface area (Å²) < 4.78 is 0. The molecule has 1 amide bonds. The van der Waals surface area contributed by atoms with Crippen molar-refractivity contribution in [2.24, 2.45) is 0 Å². The van der Waals surface area contributed by atoms with Gasteiger partial charge >= 0.3 is 0 Å². The van der Waals surface area contributed by atoms with Crippen molar-refractivity contribution in [3.63, 3.8) is 0 Å². The maximum absolute atomic E-state index is 12.3. The Morgan fingerprint density at radius 3 is 2.27 bits per heavy atom. The van der Waals surface area contributed by atoms with Gasteiger partial charge in [0.05, 0.1) is 0 Å². The first kappa shape index (κ1) is 14.6. The lowest BCUT2D eigenvalue weighted by atomic mass is 9.71. The van der Waals surface area contributed by atoms with Gasteiger partial charge in [-0.3, -0.25) is 4.79 Å². The zero-order chi connectivity index (χ0) is 15.3. The van der Waals surface area contributed by atoms with Crippen molar-refractivity contribution >= 4 is 5.91 Å². The smallest absolute Gasteiger partial charge is 0.251 e. The molecule has 2 heteroatoms. The number of hydrogen-bond acceptors (Lipinski definition) is 1. The minimum Gasteiger partial charge on any atom is -0.351 e. The van der Waals surface area contributed by atoms with Crippen LogP contribution in [0.25, 0.3) is 0 Å². The van der Waals surface area contributed by atoms with Gasteiger partial charge in [0.1, 0.15) is 0 Å². The Bertz CT molecular complexity index is 648. The quantitative estimate of drug-likeness (QED) is 0.844. The molecule has 0 fully saturated rings. The zero-order valence-corrected chi connectivity index (χ0v) is 12.7. The molecular formula is C20H21NO. The van der Waals surface area contributed by atoms with Gasteiger partial charge in [0.2, 0.25) is 0 Å². The van der Waals surface area contributed by atoms with Gasteiger partial charge in [-0.05, 0) is 37.0 Å². The van der Waals surface area contributed by atoms with Crippen LogP contribution in [0.5, 0.6) is 0 Å². The Morgan fingerprint density at radius 2 is 1.64 bits per heavy atom. The average Bonchev–Trinajstić information content (AvgIpc) is 2.62. The van der Waals surface area contributed by atoms with E-state index in [1.807, 2.05) is 36.4 Å². The second-order valence-electron chi connectivity index (χ2n) is 5.91. The lowest BCUT2D eigenvalue weighted by Crippen LogP contribution is -2.41. The van der Waals surface area contributed by atoms with E-state index in [9.17, 15) is 4.79 Å². The number of carbonyl (C=O) groups is 1. The third-order valence-electron chi connectivity index (χ3n) is 4.47. The van der Waals surface area contributed by atoms with Gasteiger partial charge in [-0.1, -0.05) is 60.7 Å². The second-order valence-corrected chi connectivity index (χ2v) is 5.91. The topological polar surface area (TPSA) is 29.1 Å². The maximum atomic E-state index is 12.3. The first-order valence-electron chi connectivity index (χ1n) is 7.84. The van der Waals surface area contributed by atoms with Crippen molar-refractivity contribution in [2.75, 3.05) is 6.54 Å². The molecular weight excluding hydrogens is 270 g/mol. The summed E-state index contributed by atoms with van der Waals surface area (Å²) in [4.78, 5) is 12.3. The lowest BCUT2D eigenvalue weighted by Gasteiger charge is -2.35. The summed E-state index contributed by atoms with van der Waals surface area (Å²) in [5.74, 6) is 0.00505. The number of hydrogen-bond donors (Lipinski definition) is 1. The molecule has 112 valence electrons. The van der Waals surface area contributed by atoms with Crippen LogP contribution in [0.1, 0.15) is 35.2 Å². The fourth-order valence-electron chi connectivity index (χ4n) is 3.15. The summed E-state index contributed by atoms with van der Waals surface area (Å²) in [7, 11) is 0. The number of amides is 1. The fraction of sp³-hybridized carbons (Fsp3) is 0.250. The monoisotopic (exact) mass is 291 g/mol. The van der Waals surface area contributed by atoms with E-state index in [0.717, 1.165) is 24.8 Å². The Morgan fingerprint density at radius 1 is 0.955 bits per heavy atom. The standard InChI is InChI=1S/C20H21NO/c22-19(17-10-4-1-5-11-17)21-16-20(14-8-3-9-15-20)18-12-6-2-7-13-18/h1-8,10-13H,9,14-16H2,(H,21,22). The molecule has 2 aromatic carbocycles. The summed E-state index contributed by atoms with van der Waals surface area (Å²) >= 11 is 0. The molecule has 1 unspecified atom stereocenters. The van der Waals surface area contributed by atoms with E-state index in [0.29, 0.717) is 6.54 Å². The number of rotatable bonds is 4. The van der Waals surface area contributed by atoms with Gasteiger partial charge in [-0.25, -0.2) is 0 Å². The molecule has 0 heterocycles. The van der Waals surface area contributed by atoms with Crippen molar-refractivity contribution in [3.8, 4) is 0 Å². The van der Waals surface area contributed by atoms with Gasteiger partial charge < -0.3 is 5.32 Å². The largest absolute Gasteiger partial charge is 0.351 e. The van der Waals surface area contributed by atoms with Crippen LogP contribution in [0.4, 0.5) is 0 Å². The predicted octanol–water partition coefficient (Wildman–Crippen LogP) is 4.09. The molecule has 3 rings (SSSR count). The van der Waals surface area contributed by atoms with E-state index in [2.05, 4.69) is 41.7 Å². The van der Waals surface area contributed by atoms with E-state index in [1.54, 1.807) is 0 Å². The fourth-order valence-corrected chi connectivity index (χ4v) is 3.15. The van der Waals surface area contributed by atoms with Gasteiger partial charge in [-0.15, -0.1) is 0 Å². The third-order valence-corrected chi connectivity index (χ3v) is 4.47. The molecule has 2 nitrogen and oxygen atoms in total. The molecule has 0 radical (unpaired) electrons. The van der Waals surface area contributed by atoms with Crippen molar-refractivity contribution in [1.29, 1.82) is 0 Å². The molecule has 2 aromatic rings. The van der Waals surface area contributed by atoms with Crippen LogP contribution < -0.4 is 5.32 Å². The highest BCUT2D eigenvalue weighted by Crippen LogP contribution is 2.36. The predicted molar refractivity (Wildman–Crippen MR) is 89.9 cm³/mol. The molecule has 0 aromatic heterocycles. The Hall–Kier alpha value is -2.35. The summed E-state index contributed by atoms with van der Waals surface area (Å²) in [5.41, 5.74) is 2.05. The second kappa shape index (κ2) is 6.61. The Labute approximate surface area is 131 Å². The van der Waals surface area contributed by atoms with E-state index in [1.165, 1.54) is 5.56 Å². The first-order chi connectivity index (χ1) is 10.8. The minimum absolute atomic E-state index is 0.00505. The van der Waals surface area contributed by atoms with Gasteiger partial charge in [0, 0.05) is 17.5 Å². The van der Waals surface area contributed by atoms with E-state index in [4.69, 9.17) is 0 Å². The number of nitrogens with one attached hydrogen (secondary N) is 1. The molecule has 0 aliphatic heterocycles. The summed E-state index contributed by atoms with van der Waals surface area (Å²) in [6.07, 6.45) is 7.59. The van der Waals surface area contributed by atoms with E-state index >= 15 is 0 Å². The summed E-state index contributed by atoms with van der Waals surface area (Å²) in [6.45, 7) is 0.676. The van der Waals surface area contributed by atoms with Crippen LogP contribution in [-0.2, 0) is 5.41 Å². The molecule has 0 saturated heterocycles. The van der Waals surface area contributed by atoms with Crippen molar-refractivity contribution in [3.05, 3.63) is 83.9 Å². The van der Waals surface area contributed by atoms with Crippen LogP contribution in [0.3, 0.4) is 0 Å². The SMILES string of the molecule is O=C(NCC1(c2ccccc2)CC=CCC1)c1ccccc1. The number of benzene rings is 2. The molecule has 0 spiro atoms. The van der Waals surface area contributed by atoms with Crippen molar-refractivity contribution in [2.45, 2.75) is 24.7 Å². The van der Waals surface area contributed by atoms with E-state index in [-0.39, 0.29) is 11.3 Å². The molecule has 1 aliphatic rings. The molecule has 0 saturated carbocycles. The van der Waals surface area contributed by atoms with Gasteiger partial charge in [-0.2, -0.15) is 0 Å².